The van der Waals surface area contributed by atoms with Crippen LogP contribution >= 0.6 is 0 Å². The van der Waals surface area contributed by atoms with Gasteiger partial charge in [0, 0.05) is 23.6 Å². The van der Waals surface area contributed by atoms with E-state index in [0.717, 1.165) is 29.7 Å². The number of aliphatic carboxylic acids is 1. The zero-order valence-corrected chi connectivity index (χ0v) is 20.4. The Bertz CT molecular complexity index is 1090. The molecule has 2 aromatic rings. The van der Waals surface area contributed by atoms with Crippen LogP contribution in [0.2, 0.25) is 0 Å². The fraction of sp³-hybridized carbons (Fsp3) is 0.444. The molecule has 2 aliphatic rings. The van der Waals surface area contributed by atoms with Crippen LogP contribution in [-0.2, 0) is 14.3 Å². The third-order valence-corrected chi connectivity index (χ3v) is 6.57. The minimum atomic E-state index is -1.00. The summed E-state index contributed by atoms with van der Waals surface area (Å²) in [4.78, 5) is 39.6. The number of nitrogens with one attached hydrogen (secondary N) is 2. The predicted octanol–water partition coefficient (Wildman–Crippen LogP) is 3.90. The largest absolute Gasteiger partial charge is 0.481 e. The van der Waals surface area contributed by atoms with Gasteiger partial charge in [-0.3, -0.25) is 14.4 Å². The van der Waals surface area contributed by atoms with Crippen LogP contribution in [0.4, 0.5) is 11.4 Å². The number of carbonyl (C=O) groups excluding carboxylic acids is 2. The lowest BCUT2D eigenvalue weighted by atomic mass is 10.0. The lowest BCUT2D eigenvalue weighted by Crippen LogP contribution is -2.50. The number of aryl methyl sites for hydroxylation is 1. The van der Waals surface area contributed by atoms with E-state index in [1.54, 1.807) is 12.1 Å². The molecule has 35 heavy (non-hydrogen) atoms. The second kappa shape index (κ2) is 10.5. The Labute approximate surface area is 205 Å². The molecular weight excluding hydrogens is 446 g/mol. The van der Waals surface area contributed by atoms with Crippen LogP contribution in [-0.4, -0.2) is 48.2 Å². The Hall–Kier alpha value is -3.39. The van der Waals surface area contributed by atoms with E-state index in [1.165, 1.54) is 0 Å². The fourth-order valence-corrected chi connectivity index (χ4v) is 4.53. The summed E-state index contributed by atoms with van der Waals surface area (Å²) in [5.74, 6) is -1.42. The summed E-state index contributed by atoms with van der Waals surface area (Å²) in [6, 6.07) is 12.2. The van der Waals surface area contributed by atoms with Crippen LogP contribution in [0.5, 0.6) is 0 Å². The zero-order valence-electron chi connectivity index (χ0n) is 20.4. The van der Waals surface area contributed by atoms with E-state index in [0.29, 0.717) is 24.5 Å². The second-order valence-electron chi connectivity index (χ2n) is 9.67. The molecule has 0 radical (unpaired) electrons. The number of hydrogen-bond donors (Lipinski definition) is 3. The summed E-state index contributed by atoms with van der Waals surface area (Å²) in [6.45, 7) is 7.25. The third kappa shape index (κ3) is 6.00. The van der Waals surface area contributed by atoms with Gasteiger partial charge < -0.3 is 25.4 Å². The molecule has 1 aliphatic heterocycles. The Morgan fingerprint density at radius 1 is 1.06 bits per heavy atom. The average molecular weight is 480 g/mol. The molecule has 1 aliphatic carbocycles. The standard InChI is InChI=1S/C27H33N3O5/c1-16-4-6-19(7-5-16)22(13-25(31)32)28-27(34)21-10-11-24(30-17(2)14-35-15-18(30)3)23(12-21)29-26(33)20-8-9-20/h4-7,10-12,17-18,20,22H,8-9,13-15H2,1-3H3,(H,28,34)(H,29,33)(H,31,32). The number of amides is 2. The first kappa shape index (κ1) is 24.7. The average Bonchev–Trinajstić information content (AvgIpc) is 3.65. The molecule has 2 fully saturated rings. The number of hydrogen-bond acceptors (Lipinski definition) is 5. The van der Waals surface area contributed by atoms with Crippen molar-refractivity contribution in [3.63, 3.8) is 0 Å². The number of morpholine rings is 1. The van der Waals surface area contributed by atoms with Crippen LogP contribution < -0.4 is 15.5 Å². The number of carboxylic acid groups (broad SMARTS) is 1. The number of anilines is 2. The van der Waals surface area contributed by atoms with E-state index in [4.69, 9.17) is 4.74 Å². The Morgan fingerprint density at radius 3 is 2.31 bits per heavy atom. The molecule has 0 aromatic heterocycles. The van der Waals surface area contributed by atoms with Crippen molar-refractivity contribution in [2.75, 3.05) is 23.4 Å². The van der Waals surface area contributed by atoms with Gasteiger partial charge in [-0.1, -0.05) is 29.8 Å². The van der Waals surface area contributed by atoms with Gasteiger partial charge in [-0.15, -0.1) is 0 Å². The smallest absolute Gasteiger partial charge is 0.305 e. The first-order valence-corrected chi connectivity index (χ1v) is 12.1. The number of ether oxygens (including phenoxy) is 1. The van der Waals surface area contributed by atoms with E-state index in [-0.39, 0.29) is 30.3 Å². The van der Waals surface area contributed by atoms with Crippen LogP contribution in [0, 0.1) is 12.8 Å². The number of carbonyl (C=O) groups is 3. The molecule has 4 rings (SSSR count). The summed E-state index contributed by atoms with van der Waals surface area (Å²) in [6.07, 6.45) is 1.51. The molecule has 1 saturated carbocycles. The van der Waals surface area contributed by atoms with Gasteiger partial charge in [0.15, 0.2) is 0 Å². The van der Waals surface area contributed by atoms with E-state index < -0.39 is 17.9 Å². The molecule has 3 unspecified atom stereocenters. The molecule has 0 bridgehead atoms. The van der Waals surface area contributed by atoms with Crippen LogP contribution in [0.3, 0.4) is 0 Å². The molecule has 2 amide bonds. The normalized spacial score (nSPS) is 20.7. The lowest BCUT2D eigenvalue weighted by Gasteiger charge is -2.41. The Morgan fingerprint density at radius 2 is 1.71 bits per heavy atom. The maximum absolute atomic E-state index is 13.2. The number of benzene rings is 2. The molecule has 3 N–H and O–H groups in total. The van der Waals surface area contributed by atoms with E-state index in [9.17, 15) is 19.5 Å². The molecule has 1 heterocycles. The highest BCUT2D eigenvalue weighted by Gasteiger charge is 2.32. The van der Waals surface area contributed by atoms with Gasteiger partial charge in [-0.25, -0.2) is 0 Å². The summed E-state index contributed by atoms with van der Waals surface area (Å²) in [5, 5.41) is 15.3. The van der Waals surface area contributed by atoms with E-state index >= 15 is 0 Å². The first-order valence-electron chi connectivity index (χ1n) is 12.1. The quantitative estimate of drug-likeness (QED) is 0.530. The van der Waals surface area contributed by atoms with Crippen molar-refractivity contribution >= 4 is 29.2 Å². The highest BCUT2D eigenvalue weighted by Crippen LogP contribution is 2.35. The van der Waals surface area contributed by atoms with E-state index in [2.05, 4.69) is 29.4 Å². The van der Waals surface area contributed by atoms with Gasteiger partial charge in [0.1, 0.15) is 0 Å². The fourth-order valence-electron chi connectivity index (χ4n) is 4.53. The third-order valence-electron chi connectivity index (χ3n) is 6.57. The first-order chi connectivity index (χ1) is 16.7. The van der Waals surface area contributed by atoms with Crippen molar-refractivity contribution in [3.05, 3.63) is 59.2 Å². The molecule has 2 aromatic carbocycles. The maximum Gasteiger partial charge on any atom is 0.305 e. The molecule has 8 nitrogen and oxygen atoms in total. The van der Waals surface area contributed by atoms with Crippen LogP contribution in [0.15, 0.2) is 42.5 Å². The number of rotatable bonds is 8. The molecule has 3 atom stereocenters. The summed E-state index contributed by atoms with van der Waals surface area (Å²) >= 11 is 0. The van der Waals surface area contributed by atoms with Gasteiger partial charge >= 0.3 is 5.97 Å². The maximum atomic E-state index is 13.2. The molecule has 186 valence electrons. The van der Waals surface area contributed by atoms with Crippen LogP contribution in [0.25, 0.3) is 0 Å². The van der Waals surface area contributed by atoms with Gasteiger partial charge in [0.2, 0.25) is 5.91 Å². The SMILES string of the molecule is Cc1ccc(C(CC(=O)O)NC(=O)c2ccc(N3C(C)COCC3C)c(NC(=O)C3CC3)c2)cc1. The van der Waals surface area contributed by atoms with Crippen LogP contribution in [0.1, 0.15) is 60.6 Å². The molecule has 8 heteroatoms. The van der Waals surface area contributed by atoms with Gasteiger partial charge in [-0.05, 0) is 57.4 Å². The van der Waals surface area contributed by atoms with Gasteiger partial charge in [-0.2, -0.15) is 0 Å². The minimum Gasteiger partial charge on any atom is -0.481 e. The highest BCUT2D eigenvalue weighted by atomic mass is 16.5. The van der Waals surface area contributed by atoms with Gasteiger partial charge in [0.05, 0.1) is 37.1 Å². The Kier molecular flexibility index (Phi) is 7.40. The summed E-state index contributed by atoms with van der Waals surface area (Å²) < 4.78 is 5.66. The van der Waals surface area contributed by atoms with Crippen molar-refractivity contribution in [2.24, 2.45) is 5.92 Å². The van der Waals surface area contributed by atoms with Crippen molar-refractivity contribution in [2.45, 2.75) is 58.2 Å². The molecule has 1 saturated heterocycles. The number of carboxylic acids is 1. The number of nitrogens with zero attached hydrogens (tertiary/aromatic N) is 1. The van der Waals surface area contributed by atoms with Gasteiger partial charge in [0.25, 0.3) is 5.91 Å². The topological polar surface area (TPSA) is 108 Å². The monoisotopic (exact) mass is 479 g/mol. The molecule has 0 spiro atoms. The minimum absolute atomic E-state index is 0.0151. The van der Waals surface area contributed by atoms with Crippen molar-refractivity contribution in [1.29, 1.82) is 0 Å². The predicted molar refractivity (Wildman–Crippen MR) is 134 cm³/mol. The Balaban J connectivity index is 1.62. The second-order valence-corrected chi connectivity index (χ2v) is 9.67. The van der Waals surface area contributed by atoms with Crippen molar-refractivity contribution in [3.8, 4) is 0 Å². The zero-order chi connectivity index (χ0) is 25.1. The molecular formula is C27H33N3O5. The summed E-state index contributed by atoms with van der Waals surface area (Å²) in [7, 11) is 0. The van der Waals surface area contributed by atoms with Crippen molar-refractivity contribution in [1.82, 2.24) is 5.32 Å². The lowest BCUT2D eigenvalue weighted by molar-refractivity contribution is -0.137. The highest BCUT2D eigenvalue weighted by molar-refractivity contribution is 6.01. The summed E-state index contributed by atoms with van der Waals surface area (Å²) in [5.41, 5.74) is 3.56. The van der Waals surface area contributed by atoms with E-state index in [1.807, 2.05) is 37.3 Å². The van der Waals surface area contributed by atoms with Crippen molar-refractivity contribution < 1.29 is 24.2 Å².